The van der Waals surface area contributed by atoms with Gasteiger partial charge in [-0.2, -0.15) is 0 Å². The summed E-state index contributed by atoms with van der Waals surface area (Å²) >= 11 is 1.63. The molecule has 0 amide bonds. The lowest BCUT2D eigenvalue weighted by Gasteiger charge is -2.22. The van der Waals surface area contributed by atoms with Gasteiger partial charge in [0, 0.05) is 4.88 Å². The fourth-order valence-electron chi connectivity index (χ4n) is 2.36. The van der Waals surface area contributed by atoms with Gasteiger partial charge >= 0.3 is 0 Å². The zero-order valence-electron chi connectivity index (χ0n) is 8.31. The lowest BCUT2D eigenvalue weighted by atomic mass is 9.94. The number of aliphatic hydroxyl groups is 1. The molecule has 76 valence electrons. The molecule has 0 fully saturated rings. The SMILES string of the molecule is OC1(c2cccs2)CCc2ccccc21. The Hall–Kier alpha value is -1.12. The van der Waals surface area contributed by atoms with Crippen LogP contribution in [0.4, 0.5) is 0 Å². The van der Waals surface area contributed by atoms with Gasteiger partial charge in [0.05, 0.1) is 0 Å². The molecule has 0 aliphatic heterocycles. The van der Waals surface area contributed by atoms with E-state index in [1.54, 1.807) is 11.3 Å². The molecule has 2 aromatic rings. The van der Waals surface area contributed by atoms with Crippen molar-refractivity contribution in [1.82, 2.24) is 0 Å². The van der Waals surface area contributed by atoms with Gasteiger partial charge in [0.15, 0.2) is 0 Å². The third-order valence-corrected chi connectivity index (χ3v) is 4.17. The monoisotopic (exact) mass is 216 g/mol. The van der Waals surface area contributed by atoms with Gasteiger partial charge in [-0.05, 0) is 35.4 Å². The Morgan fingerprint density at radius 3 is 2.80 bits per heavy atom. The molecule has 2 heteroatoms. The average molecular weight is 216 g/mol. The normalized spacial score (nSPS) is 24.1. The van der Waals surface area contributed by atoms with Crippen LogP contribution in [0.2, 0.25) is 0 Å². The Bertz CT molecular complexity index is 475. The Kier molecular flexibility index (Phi) is 1.94. The Balaban J connectivity index is 2.17. The van der Waals surface area contributed by atoms with E-state index >= 15 is 0 Å². The number of benzene rings is 1. The van der Waals surface area contributed by atoms with Crippen molar-refractivity contribution < 1.29 is 5.11 Å². The molecule has 0 saturated carbocycles. The first kappa shape index (κ1) is 9.13. The van der Waals surface area contributed by atoms with Crippen LogP contribution in [0.3, 0.4) is 0 Å². The van der Waals surface area contributed by atoms with Gasteiger partial charge in [-0.3, -0.25) is 0 Å². The summed E-state index contributed by atoms with van der Waals surface area (Å²) in [6.45, 7) is 0. The summed E-state index contributed by atoms with van der Waals surface area (Å²) in [5, 5.41) is 12.7. The molecular formula is C13H12OS. The molecule has 1 heterocycles. The van der Waals surface area contributed by atoms with Crippen LogP contribution in [0.1, 0.15) is 22.4 Å². The Morgan fingerprint density at radius 2 is 2.00 bits per heavy atom. The van der Waals surface area contributed by atoms with E-state index in [9.17, 15) is 5.11 Å². The van der Waals surface area contributed by atoms with Crippen LogP contribution in [0.5, 0.6) is 0 Å². The summed E-state index contributed by atoms with van der Waals surface area (Å²) in [5.41, 5.74) is 1.64. The second-order valence-electron chi connectivity index (χ2n) is 3.99. The molecule has 3 rings (SSSR count). The van der Waals surface area contributed by atoms with Crippen LogP contribution < -0.4 is 0 Å². The number of fused-ring (bicyclic) bond motifs is 1. The standard InChI is InChI=1S/C13H12OS/c14-13(12-6-3-9-15-12)8-7-10-4-1-2-5-11(10)13/h1-6,9,14H,7-8H2. The molecule has 1 aromatic heterocycles. The van der Waals surface area contributed by atoms with Gasteiger partial charge in [-0.1, -0.05) is 30.3 Å². The second kappa shape index (κ2) is 3.19. The number of rotatable bonds is 1. The predicted octanol–water partition coefficient (Wildman–Crippen LogP) is 2.93. The maximum atomic E-state index is 10.7. The summed E-state index contributed by atoms with van der Waals surface area (Å²) < 4.78 is 0. The number of hydrogen-bond acceptors (Lipinski definition) is 2. The van der Waals surface area contributed by atoms with E-state index in [-0.39, 0.29) is 0 Å². The van der Waals surface area contributed by atoms with Crippen molar-refractivity contribution >= 4 is 11.3 Å². The lowest BCUT2D eigenvalue weighted by molar-refractivity contribution is 0.0868. The van der Waals surface area contributed by atoms with Gasteiger partial charge in [-0.25, -0.2) is 0 Å². The van der Waals surface area contributed by atoms with E-state index in [1.165, 1.54) is 5.56 Å². The maximum Gasteiger partial charge on any atom is 0.124 e. The predicted molar refractivity (Wildman–Crippen MR) is 62.1 cm³/mol. The highest BCUT2D eigenvalue weighted by molar-refractivity contribution is 7.10. The molecule has 1 N–H and O–H groups in total. The second-order valence-corrected chi connectivity index (χ2v) is 4.94. The minimum absolute atomic E-state index is 0.731. The third-order valence-electron chi connectivity index (χ3n) is 3.15. The minimum atomic E-state index is -0.731. The van der Waals surface area contributed by atoms with E-state index in [1.807, 2.05) is 35.7 Å². The molecule has 0 bridgehead atoms. The van der Waals surface area contributed by atoms with Crippen molar-refractivity contribution in [2.45, 2.75) is 18.4 Å². The lowest BCUT2D eigenvalue weighted by Crippen LogP contribution is -2.22. The van der Waals surface area contributed by atoms with Crippen LogP contribution in [0.15, 0.2) is 41.8 Å². The summed E-state index contributed by atoms with van der Waals surface area (Å²) in [7, 11) is 0. The van der Waals surface area contributed by atoms with Crippen LogP contribution >= 0.6 is 11.3 Å². The highest BCUT2D eigenvalue weighted by atomic mass is 32.1. The number of thiophene rings is 1. The largest absolute Gasteiger partial charge is 0.380 e. The van der Waals surface area contributed by atoms with E-state index in [0.717, 1.165) is 23.3 Å². The highest BCUT2D eigenvalue weighted by Gasteiger charge is 2.38. The molecule has 0 radical (unpaired) electrons. The molecule has 1 atom stereocenters. The molecule has 1 nitrogen and oxygen atoms in total. The zero-order chi connectivity index (χ0) is 10.3. The van der Waals surface area contributed by atoms with Crippen molar-refractivity contribution in [3.8, 4) is 0 Å². The van der Waals surface area contributed by atoms with E-state index in [2.05, 4.69) is 6.07 Å². The van der Waals surface area contributed by atoms with Crippen LogP contribution in [-0.4, -0.2) is 5.11 Å². The first-order valence-corrected chi connectivity index (χ1v) is 6.03. The molecular weight excluding hydrogens is 204 g/mol. The van der Waals surface area contributed by atoms with Gasteiger partial charge in [0.25, 0.3) is 0 Å². The van der Waals surface area contributed by atoms with Crippen LogP contribution in [0.25, 0.3) is 0 Å². The summed E-state index contributed by atoms with van der Waals surface area (Å²) in [4.78, 5) is 1.06. The minimum Gasteiger partial charge on any atom is -0.380 e. The fourth-order valence-corrected chi connectivity index (χ4v) is 3.23. The molecule has 1 unspecified atom stereocenters. The summed E-state index contributed by atoms with van der Waals surface area (Å²) in [6, 6.07) is 12.2. The van der Waals surface area contributed by atoms with Gasteiger partial charge in [0.2, 0.25) is 0 Å². The van der Waals surface area contributed by atoms with Crippen LogP contribution in [0, 0.1) is 0 Å². The molecule has 15 heavy (non-hydrogen) atoms. The third kappa shape index (κ3) is 1.25. The number of aryl methyl sites for hydroxylation is 1. The van der Waals surface area contributed by atoms with Crippen molar-refractivity contribution in [2.75, 3.05) is 0 Å². The quantitative estimate of drug-likeness (QED) is 0.777. The van der Waals surface area contributed by atoms with E-state index in [0.29, 0.717) is 0 Å². The van der Waals surface area contributed by atoms with Crippen LogP contribution in [-0.2, 0) is 12.0 Å². The zero-order valence-corrected chi connectivity index (χ0v) is 9.13. The van der Waals surface area contributed by atoms with Gasteiger partial charge < -0.3 is 5.11 Å². The Morgan fingerprint density at radius 1 is 1.13 bits per heavy atom. The summed E-state index contributed by atoms with van der Waals surface area (Å²) in [6.07, 6.45) is 1.79. The van der Waals surface area contributed by atoms with Crippen molar-refractivity contribution in [3.05, 3.63) is 57.8 Å². The Labute approximate surface area is 93.0 Å². The van der Waals surface area contributed by atoms with Gasteiger partial charge in [-0.15, -0.1) is 11.3 Å². The smallest absolute Gasteiger partial charge is 0.124 e. The topological polar surface area (TPSA) is 20.2 Å². The fraction of sp³-hybridized carbons (Fsp3) is 0.231. The van der Waals surface area contributed by atoms with E-state index < -0.39 is 5.60 Å². The molecule has 0 saturated heterocycles. The molecule has 1 aromatic carbocycles. The van der Waals surface area contributed by atoms with Crippen molar-refractivity contribution in [2.24, 2.45) is 0 Å². The van der Waals surface area contributed by atoms with E-state index in [4.69, 9.17) is 0 Å². The molecule has 1 aliphatic carbocycles. The molecule has 0 spiro atoms. The molecule has 1 aliphatic rings. The van der Waals surface area contributed by atoms with Crippen molar-refractivity contribution in [3.63, 3.8) is 0 Å². The highest BCUT2D eigenvalue weighted by Crippen LogP contribution is 2.43. The first-order valence-electron chi connectivity index (χ1n) is 5.15. The average Bonchev–Trinajstić information content (AvgIpc) is 2.88. The summed E-state index contributed by atoms with van der Waals surface area (Å²) in [5.74, 6) is 0. The van der Waals surface area contributed by atoms with Gasteiger partial charge in [0.1, 0.15) is 5.60 Å². The number of hydrogen-bond donors (Lipinski definition) is 1. The van der Waals surface area contributed by atoms with Crippen molar-refractivity contribution in [1.29, 1.82) is 0 Å². The maximum absolute atomic E-state index is 10.7. The first-order chi connectivity index (χ1) is 7.31.